The minimum absolute atomic E-state index is 0.00466. The van der Waals surface area contributed by atoms with Crippen LogP contribution in [0.1, 0.15) is 65.4 Å². The number of amides is 1. The van der Waals surface area contributed by atoms with Gasteiger partial charge in [-0.3, -0.25) is 14.7 Å². The number of hydrogen-bond acceptors (Lipinski definition) is 4. The lowest BCUT2D eigenvalue weighted by molar-refractivity contribution is -0.143. The Morgan fingerprint density at radius 3 is 2.19 bits per heavy atom. The summed E-state index contributed by atoms with van der Waals surface area (Å²) in [4.78, 5) is 29.9. The molecule has 1 aliphatic carbocycles. The molecule has 13 heteroatoms. The van der Waals surface area contributed by atoms with Gasteiger partial charge in [0.05, 0.1) is 35.8 Å². The molecule has 1 aromatic heterocycles. The van der Waals surface area contributed by atoms with E-state index >= 15 is 0 Å². The van der Waals surface area contributed by atoms with E-state index in [9.17, 15) is 40.3 Å². The Morgan fingerprint density at radius 2 is 1.62 bits per heavy atom. The summed E-state index contributed by atoms with van der Waals surface area (Å²) in [7, 11) is 0. The number of aliphatic carboxylic acids is 1. The second-order valence-corrected chi connectivity index (χ2v) is 10.4. The Morgan fingerprint density at radius 1 is 0.976 bits per heavy atom. The molecule has 2 atom stereocenters. The van der Waals surface area contributed by atoms with Gasteiger partial charge in [0, 0.05) is 22.7 Å². The molecule has 0 spiro atoms. The molecule has 3 aromatic rings. The maximum absolute atomic E-state index is 15.0. The molecule has 2 fully saturated rings. The molecule has 6 nitrogen and oxygen atoms in total. The van der Waals surface area contributed by atoms with Crippen LogP contribution < -0.4 is 0 Å². The molecule has 1 saturated heterocycles. The van der Waals surface area contributed by atoms with Gasteiger partial charge in [0.15, 0.2) is 0 Å². The number of nitrogens with zero attached hydrogens (tertiary/aromatic N) is 2. The Balaban J connectivity index is 1.52. The highest BCUT2D eigenvalue weighted by Gasteiger charge is 2.43. The highest BCUT2D eigenvalue weighted by atomic mass is 19.4. The molecule has 1 N–H and O–H groups in total. The minimum atomic E-state index is -5.08. The van der Waals surface area contributed by atoms with Crippen molar-refractivity contribution >= 4 is 12.1 Å². The minimum Gasteiger partial charge on any atom is -0.481 e. The van der Waals surface area contributed by atoms with Gasteiger partial charge in [-0.1, -0.05) is 12.1 Å². The van der Waals surface area contributed by atoms with Gasteiger partial charge in [-0.15, -0.1) is 0 Å². The van der Waals surface area contributed by atoms with Gasteiger partial charge < -0.3 is 9.84 Å². The number of rotatable bonds is 7. The van der Waals surface area contributed by atoms with Crippen LogP contribution in [0.5, 0.6) is 0 Å². The standard InChI is InChI=1S/C29H23F7N2O4/c1-14-26(17-10-18(28(31,32)33)12-19(11-17)29(34,35)36)42-27(41)38(14)13-24-20(5-7-23(37-24)16-3-4-16)21-8-15(9-25(39)40)2-6-22(21)30/h2,5-8,10-12,14,16,26H,3-4,9,13H2,1H3,(H,39,40)/t14-,26-/m0/s1. The topological polar surface area (TPSA) is 79.7 Å². The third kappa shape index (κ3) is 6.04. The first-order valence-electron chi connectivity index (χ1n) is 12.9. The van der Waals surface area contributed by atoms with Crippen LogP contribution in [0.4, 0.5) is 35.5 Å². The Labute approximate surface area is 234 Å². The van der Waals surface area contributed by atoms with E-state index in [1.807, 2.05) is 0 Å². The first-order chi connectivity index (χ1) is 19.6. The van der Waals surface area contributed by atoms with E-state index in [4.69, 9.17) is 9.84 Å². The lowest BCUT2D eigenvalue weighted by atomic mass is 9.96. The first-order valence-corrected chi connectivity index (χ1v) is 12.9. The second-order valence-electron chi connectivity index (χ2n) is 10.4. The van der Waals surface area contributed by atoms with Crippen molar-refractivity contribution in [2.45, 2.75) is 63.1 Å². The third-order valence-electron chi connectivity index (χ3n) is 7.32. The lowest BCUT2D eigenvalue weighted by Crippen LogP contribution is -2.32. The van der Waals surface area contributed by atoms with Crippen molar-refractivity contribution in [1.29, 1.82) is 0 Å². The Bertz CT molecular complexity index is 1520. The highest BCUT2D eigenvalue weighted by Crippen LogP contribution is 2.43. The molecule has 0 unspecified atom stereocenters. The zero-order chi connectivity index (χ0) is 30.6. The number of benzene rings is 2. The van der Waals surface area contributed by atoms with E-state index in [1.54, 1.807) is 12.1 Å². The van der Waals surface area contributed by atoms with Crippen LogP contribution >= 0.6 is 0 Å². The van der Waals surface area contributed by atoms with Crippen molar-refractivity contribution in [1.82, 2.24) is 9.88 Å². The maximum atomic E-state index is 15.0. The van der Waals surface area contributed by atoms with E-state index in [2.05, 4.69) is 4.98 Å². The predicted molar refractivity (Wildman–Crippen MR) is 134 cm³/mol. The monoisotopic (exact) mass is 596 g/mol. The number of cyclic esters (lactones) is 1. The van der Waals surface area contributed by atoms with Gasteiger partial charge in [-0.25, -0.2) is 9.18 Å². The van der Waals surface area contributed by atoms with E-state index in [-0.39, 0.29) is 41.8 Å². The van der Waals surface area contributed by atoms with E-state index in [0.717, 1.165) is 23.8 Å². The molecule has 222 valence electrons. The van der Waals surface area contributed by atoms with Crippen LogP contribution in [0.3, 0.4) is 0 Å². The number of alkyl halides is 6. The fourth-order valence-corrected chi connectivity index (χ4v) is 5.02. The van der Waals surface area contributed by atoms with Crippen LogP contribution in [-0.4, -0.2) is 33.1 Å². The molecule has 2 aliphatic rings. The fraction of sp³-hybridized carbons (Fsp3) is 0.345. The van der Waals surface area contributed by atoms with Crippen LogP contribution in [0, 0.1) is 5.82 Å². The second kappa shape index (κ2) is 10.6. The number of carboxylic acids is 1. The van der Waals surface area contributed by atoms with E-state index in [0.29, 0.717) is 23.4 Å². The van der Waals surface area contributed by atoms with Gasteiger partial charge in [-0.05, 0) is 67.3 Å². The van der Waals surface area contributed by atoms with Crippen molar-refractivity contribution in [2.75, 3.05) is 0 Å². The number of pyridine rings is 1. The molecular weight excluding hydrogens is 573 g/mol. The fourth-order valence-electron chi connectivity index (χ4n) is 5.02. The van der Waals surface area contributed by atoms with Gasteiger partial charge in [-0.2, -0.15) is 26.3 Å². The molecule has 5 rings (SSSR count). The van der Waals surface area contributed by atoms with Gasteiger partial charge in [0.25, 0.3) is 0 Å². The van der Waals surface area contributed by atoms with Crippen LogP contribution in [0.25, 0.3) is 11.1 Å². The number of halogens is 7. The smallest absolute Gasteiger partial charge is 0.416 e. The Hall–Kier alpha value is -4.16. The SMILES string of the molecule is C[C@H]1[C@@H](c2cc(C(F)(F)F)cc(C(F)(F)F)c2)OC(=O)N1Cc1nc(C2CC2)ccc1-c1cc(CC(=O)O)ccc1F. The van der Waals surface area contributed by atoms with Gasteiger partial charge in [0.1, 0.15) is 11.9 Å². The number of ether oxygens (including phenoxy) is 1. The first kappa shape index (κ1) is 29.3. The van der Waals surface area contributed by atoms with E-state index in [1.165, 1.54) is 19.1 Å². The quantitative estimate of drug-likeness (QED) is 0.286. The lowest BCUT2D eigenvalue weighted by Gasteiger charge is -2.23. The molecular formula is C29H23F7N2O4. The number of aromatic nitrogens is 1. The van der Waals surface area contributed by atoms with Crippen molar-refractivity contribution in [3.05, 3.63) is 88.0 Å². The zero-order valence-corrected chi connectivity index (χ0v) is 21.9. The normalized spacial score (nSPS) is 19.2. The summed E-state index contributed by atoms with van der Waals surface area (Å²) in [5.74, 6) is -1.65. The van der Waals surface area contributed by atoms with Crippen molar-refractivity contribution in [3.8, 4) is 11.1 Å². The van der Waals surface area contributed by atoms with Gasteiger partial charge >= 0.3 is 24.4 Å². The highest BCUT2D eigenvalue weighted by molar-refractivity contribution is 5.74. The molecule has 2 aromatic carbocycles. The number of carbonyl (C=O) groups excluding carboxylic acids is 1. The number of carboxylic acid groups (broad SMARTS) is 1. The van der Waals surface area contributed by atoms with Crippen LogP contribution in [-0.2, 0) is 34.8 Å². The summed E-state index contributed by atoms with van der Waals surface area (Å²) in [6.45, 7) is 1.13. The summed E-state index contributed by atoms with van der Waals surface area (Å²) in [5.41, 5.74) is -2.05. The van der Waals surface area contributed by atoms with Crippen molar-refractivity contribution < 1.29 is 50.2 Å². The molecule has 42 heavy (non-hydrogen) atoms. The Kier molecular flexibility index (Phi) is 7.40. The summed E-state index contributed by atoms with van der Waals surface area (Å²) >= 11 is 0. The third-order valence-corrected chi connectivity index (χ3v) is 7.32. The molecule has 1 saturated carbocycles. The zero-order valence-electron chi connectivity index (χ0n) is 21.9. The molecule has 0 radical (unpaired) electrons. The summed E-state index contributed by atoms with van der Waals surface area (Å²) in [6.07, 6.45) is -11.3. The molecule has 1 aliphatic heterocycles. The average molecular weight is 596 g/mol. The van der Waals surface area contributed by atoms with Crippen LogP contribution in [0.15, 0.2) is 48.5 Å². The summed E-state index contributed by atoms with van der Waals surface area (Å²) in [6, 6.07) is 7.12. The molecule has 0 bridgehead atoms. The van der Waals surface area contributed by atoms with E-state index < -0.39 is 59.1 Å². The molecule has 2 heterocycles. The summed E-state index contributed by atoms with van der Waals surface area (Å²) in [5, 5.41) is 9.16. The molecule has 1 amide bonds. The predicted octanol–water partition coefficient (Wildman–Crippen LogP) is 7.51. The van der Waals surface area contributed by atoms with Crippen molar-refractivity contribution in [2.24, 2.45) is 0 Å². The van der Waals surface area contributed by atoms with Gasteiger partial charge in [0.2, 0.25) is 0 Å². The summed E-state index contributed by atoms with van der Waals surface area (Å²) < 4.78 is 101. The number of hydrogen-bond donors (Lipinski definition) is 1. The number of carbonyl (C=O) groups is 2. The largest absolute Gasteiger partial charge is 0.481 e. The average Bonchev–Trinajstić information content (AvgIpc) is 3.71. The van der Waals surface area contributed by atoms with Crippen molar-refractivity contribution in [3.63, 3.8) is 0 Å². The van der Waals surface area contributed by atoms with Crippen LogP contribution in [0.2, 0.25) is 0 Å². The maximum Gasteiger partial charge on any atom is 0.416 e.